The van der Waals surface area contributed by atoms with Crippen LogP contribution in [0, 0.1) is 5.92 Å². The number of fused-ring (bicyclic) bond motifs is 1. The topological polar surface area (TPSA) is 144 Å². The minimum atomic E-state index is -1.22. The van der Waals surface area contributed by atoms with Crippen molar-refractivity contribution in [3.05, 3.63) is 70.8 Å². The third-order valence-electron chi connectivity index (χ3n) is 5.81. The SMILES string of the molecule is CCOC(=O)C1=C(COC(=O)C(C(C)C)N2C(=O)c3ccccc3C2=O)NC(=O)NC1c1ccco1. The largest absolute Gasteiger partial charge is 0.467 e. The maximum atomic E-state index is 13.2. The van der Waals surface area contributed by atoms with E-state index in [1.54, 1.807) is 45.0 Å². The van der Waals surface area contributed by atoms with Crippen molar-refractivity contribution in [3.8, 4) is 0 Å². The summed E-state index contributed by atoms with van der Waals surface area (Å²) in [6.45, 7) is 4.55. The molecule has 2 aromatic rings. The Hall–Kier alpha value is -4.41. The first-order chi connectivity index (χ1) is 17.2. The number of amides is 4. The van der Waals surface area contributed by atoms with Gasteiger partial charge in [0.25, 0.3) is 11.8 Å². The molecule has 0 saturated carbocycles. The highest BCUT2D eigenvalue weighted by Gasteiger charge is 2.45. The van der Waals surface area contributed by atoms with E-state index in [0.717, 1.165) is 4.90 Å². The van der Waals surface area contributed by atoms with E-state index in [2.05, 4.69) is 10.6 Å². The summed E-state index contributed by atoms with van der Waals surface area (Å²) in [5, 5.41) is 5.08. The van der Waals surface area contributed by atoms with Crippen LogP contribution in [0.2, 0.25) is 0 Å². The molecule has 0 radical (unpaired) electrons. The highest BCUT2D eigenvalue weighted by atomic mass is 16.5. The third-order valence-corrected chi connectivity index (χ3v) is 5.81. The zero-order chi connectivity index (χ0) is 26.0. The second kappa shape index (κ2) is 10.1. The lowest BCUT2D eigenvalue weighted by Gasteiger charge is -2.30. The van der Waals surface area contributed by atoms with Crippen LogP contribution in [-0.2, 0) is 19.1 Å². The van der Waals surface area contributed by atoms with Gasteiger partial charge in [0.2, 0.25) is 0 Å². The van der Waals surface area contributed by atoms with Crippen LogP contribution in [0.4, 0.5) is 4.79 Å². The summed E-state index contributed by atoms with van der Waals surface area (Å²) >= 11 is 0. The summed E-state index contributed by atoms with van der Waals surface area (Å²) in [5.41, 5.74) is 0.415. The van der Waals surface area contributed by atoms with Crippen LogP contribution in [0.3, 0.4) is 0 Å². The number of nitrogens with zero attached hydrogens (tertiary/aromatic N) is 1. The number of hydrogen-bond donors (Lipinski definition) is 2. The van der Waals surface area contributed by atoms with E-state index in [-0.39, 0.29) is 34.8 Å². The molecule has 0 aliphatic carbocycles. The molecule has 11 heteroatoms. The number of nitrogens with one attached hydrogen (secondary N) is 2. The van der Waals surface area contributed by atoms with Gasteiger partial charge in [0.15, 0.2) is 0 Å². The minimum Gasteiger partial charge on any atom is -0.467 e. The fourth-order valence-electron chi connectivity index (χ4n) is 4.22. The number of carbonyl (C=O) groups excluding carboxylic acids is 5. The van der Waals surface area contributed by atoms with Gasteiger partial charge in [-0.3, -0.25) is 14.5 Å². The molecule has 2 atom stereocenters. The number of imide groups is 1. The van der Waals surface area contributed by atoms with Crippen molar-refractivity contribution in [2.45, 2.75) is 32.9 Å². The molecule has 4 amide bonds. The number of rotatable bonds is 8. The van der Waals surface area contributed by atoms with Crippen LogP contribution < -0.4 is 10.6 Å². The van der Waals surface area contributed by atoms with Gasteiger partial charge in [0, 0.05) is 0 Å². The Morgan fingerprint density at radius 3 is 2.25 bits per heavy atom. The van der Waals surface area contributed by atoms with Crippen molar-refractivity contribution in [2.75, 3.05) is 13.2 Å². The van der Waals surface area contributed by atoms with Gasteiger partial charge in [-0.1, -0.05) is 26.0 Å². The Kier molecular flexibility index (Phi) is 6.91. The normalized spacial score (nSPS) is 18.1. The van der Waals surface area contributed by atoms with Gasteiger partial charge in [0.05, 0.1) is 35.3 Å². The number of benzene rings is 1. The first-order valence-electron chi connectivity index (χ1n) is 11.4. The lowest BCUT2D eigenvalue weighted by molar-refractivity contribution is -0.149. The second-order valence-corrected chi connectivity index (χ2v) is 8.48. The monoisotopic (exact) mass is 495 g/mol. The Morgan fingerprint density at radius 1 is 1.03 bits per heavy atom. The van der Waals surface area contributed by atoms with Crippen LogP contribution in [-0.4, -0.2) is 53.9 Å². The van der Waals surface area contributed by atoms with E-state index >= 15 is 0 Å². The van der Waals surface area contributed by atoms with Gasteiger partial charge in [-0.25, -0.2) is 14.4 Å². The fourth-order valence-corrected chi connectivity index (χ4v) is 4.22. The summed E-state index contributed by atoms with van der Waals surface area (Å²) in [7, 11) is 0. The predicted molar refractivity (Wildman–Crippen MR) is 123 cm³/mol. The van der Waals surface area contributed by atoms with Crippen LogP contribution in [0.15, 0.2) is 58.3 Å². The van der Waals surface area contributed by atoms with Gasteiger partial charge < -0.3 is 24.5 Å². The number of hydrogen-bond acceptors (Lipinski definition) is 8. The van der Waals surface area contributed by atoms with Crippen molar-refractivity contribution in [2.24, 2.45) is 5.92 Å². The van der Waals surface area contributed by atoms with Gasteiger partial charge in [-0.05, 0) is 37.1 Å². The van der Waals surface area contributed by atoms with Gasteiger partial charge in [-0.15, -0.1) is 0 Å². The summed E-state index contributed by atoms with van der Waals surface area (Å²) in [6.07, 6.45) is 1.39. The van der Waals surface area contributed by atoms with E-state index in [4.69, 9.17) is 13.9 Å². The molecule has 0 bridgehead atoms. The van der Waals surface area contributed by atoms with Crippen LogP contribution in [0.5, 0.6) is 0 Å². The molecule has 2 unspecified atom stereocenters. The summed E-state index contributed by atoms with van der Waals surface area (Å²) in [5.74, 6) is -2.98. The number of ether oxygens (including phenoxy) is 2. The second-order valence-electron chi connectivity index (χ2n) is 8.48. The molecule has 11 nitrogen and oxygen atoms in total. The average Bonchev–Trinajstić information content (AvgIpc) is 3.46. The maximum Gasteiger partial charge on any atom is 0.338 e. The zero-order valence-electron chi connectivity index (χ0n) is 19.9. The fraction of sp³-hybridized carbons (Fsp3) is 0.320. The van der Waals surface area contributed by atoms with Crippen molar-refractivity contribution in [3.63, 3.8) is 0 Å². The van der Waals surface area contributed by atoms with E-state index in [9.17, 15) is 24.0 Å². The highest BCUT2D eigenvalue weighted by Crippen LogP contribution is 2.30. The van der Waals surface area contributed by atoms with Crippen LogP contribution in [0.1, 0.15) is 53.3 Å². The number of esters is 2. The van der Waals surface area contributed by atoms with E-state index in [1.807, 2.05) is 0 Å². The average molecular weight is 495 g/mol. The molecular formula is C25H25N3O8. The number of urea groups is 1. The number of furan rings is 1. The predicted octanol–water partition coefficient (Wildman–Crippen LogP) is 2.31. The highest BCUT2D eigenvalue weighted by molar-refractivity contribution is 6.22. The third kappa shape index (κ3) is 4.47. The van der Waals surface area contributed by atoms with E-state index in [1.165, 1.54) is 18.4 Å². The maximum absolute atomic E-state index is 13.2. The Balaban J connectivity index is 1.61. The molecule has 3 heterocycles. The first kappa shape index (κ1) is 24.7. The summed E-state index contributed by atoms with van der Waals surface area (Å²) in [6, 6.07) is 6.65. The van der Waals surface area contributed by atoms with Crippen LogP contribution in [0.25, 0.3) is 0 Å². The Morgan fingerprint density at radius 2 is 1.69 bits per heavy atom. The lowest BCUT2D eigenvalue weighted by atomic mass is 10.00. The molecular weight excluding hydrogens is 470 g/mol. The molecule has 188 valence electrons. The van der Waals surface area contributed by atoms with Crippen molar-refractivity contribution in [1.82, 2.24) is 15.5 Å². The minimum absolute atomic E-state index is 0.000951. The molecule has 2 aliphatic rings. The van der Waals surface area contributed by atoms with Gasteiger partial charge in [-0.2, -0.15) is 0 Å². The summed E-state index contributed by atoms with van der Waals surface area (Å²) in [4.78, 5) is 65.1. The van der Waals surface area contributed by atoms with Crippen molar-refractivity contribution >= 4 is 29.8 Å². The Labute approximate surface area is 206 Å². The van der Waals surface area contributed by atoms with Crippen LogP contribution >= 0.6 is 0 Å². The molecule has 0 fully saturated rings. The smallest absolute Gasteiger partial charge is 0.338 e. The van der Waals surface area contributed by atoms with Gasteiger partial charge in [0.1, 0.15) is 24.5 Å². The van der Waals surface area contributed by atoms with Crippen molar-refractivity contribution < 1.29 is 37.9 Å². The zero-order valence-corrected chi connectivity index (χ0v) is 19.9. The molecule has 4 rings (SSSR count). The molecule has 2 aliphatic heterocycles. The first-order valence-corrected chi connectivity index (χ1v) is 11.4. The molecule has 0 spiro atoms. The van der Waals surface area contributed by atoms with E-state index < -0.39 is 54.4 Å². The molecule has 0 saturated heterocycles. The molecule has 36 heavy (non-hydrogen) atoms. The summed E-state index contributed by atoms with van der Waals surface area (Å²) < 4.78 is 16.0. The molecule has 1 aromatic carbocycles. The molecule has 2 N–H and O–H groups in total. The quantitative estimate of drug-likeness (QED) is 0.419. The Bertz CT molecular complexity index is 1210. The van der Waals surface area contributed by atoms with Gasteiger partial charge >= 0.3 is 18.0 Å². The lowest BCUT2D eigenvalue weighted by Crippen LogP contribution is -2.50. The van der Waals surface area contributed by atoms with Crippen molar-refractivity contribution in [1.29, 1.82) is 0 Å². The van der Waals surface area contributed by atoms with E-state index in [0.29, 0.717) is 0 Å². The number of carbonyl (C=O) groups is 5. The standard InChI is InChI=1S/C25H25N3O8/c1-4-34-23(31)18-16(26-25(33)27-19(18)17-10-7-11-35-17)12-36-24(32)20(13(2)3)28-21(29)14-8-5-6-9-15(14)22(28)30/h5-11,13,19-20H,4,12H2,1-3H3,(H2,26,27,33). The molecule has 1 aromatic heterocycles.